The Morgan fingerprint density at radius 3 is 2.15 bits per heavy atom. The van der Waals surface area contributed by atoms with Gasteiger partial charge in [0.15, 0.2) is 0 Å². The summed E-state index contributed by atoms with van der Waals surface area (Å²) in [7, 11) is 0. The molecule has 78 valence electrons. The lowest BCUT2D eigenvalue weighted by atomic mass is 10.1. The third-order valence-electron chi connectivity index (χ3n) is 2.16. The number of unbranched alkanes of at least 4 members (excludes halogenated alkanes) is 5. The summed E-state index contributed by atoms with van der Waals surface area (Å²) in [6, 6.07) is 0. The third-order valence-corrected chi connectivity index (χ3v) is 2.85. The number of halogens is 2. The van der Waals surface area contributed by atoms with Crippen molar-refractivity contribution >= 4 is 23.2 Å². The van der Waals surface area contributed by atoms with E-state index in [0.717, 1.165) is 12.8 Å². The molecular weight excluding hydrogens is 203 g/mol. The average molecular weight is 223 g/mol. The van der Waals surface area contributed by atoms with Crippen molar-refractivity contribution in [1.82, 2.24) is 0 Å². The minimum absolute atomic E-state index is 0.704. The molecule has 0 bridgehead atoms. The largest absolute Gasteiger partial charge is 0.136 e. The standard InChI is InChI=1S/C11H20Cl2/c1-3-5-6-7-8-9-10-11(12,13)4-2/h4H,2-3,5-10H2,1H3. The molecule has 0 saturated carbocycles. The molecule has 0 saturated heterocycles. The van der Waals surface area contributed by atoms with Gasteiger partial charge in [-0.2, -0.15) is 0 Å². The van der Waals surface area contributed by atoms with Gasteiger partial charge in [-0.05, 0) is 6.42 Å². The zero-order valence-corrected chi connectivity index (χ0v) is 10.0. The Balaban J connectivity index is 3.20. The Kier molecular flexibility index (Phi) is 7.89. The van der Waals surface area contributed by atoms with Crippen LogP contribution in [0.2, 0.25) is 0 Å². The van der Waals surface area contributed by atoms with Crippen LogP contribution in [0.3, 0.4) is 0 Å². The lowest BCUT2D eigenvalue weighted by Crippen LogP contribution is -2.06. The molecule has 0 aliphatic carbocycles. The average Bonchev–Trinajstić information content (AvgIpc) is 2.11. The van der Waals surface area contributed by atoms with Gasteiger partial charge in [0.2, 0.25) is 0 Å². The normalized spacial score (nSPS) is 11.6. The highest BCUT2D eigenvalue weighted by molar-refractivity contribution is 6.49. The van der Waals surface area contributed by atoms with E-state index in [-0.39, 0.29) is 0 Å². The van der Waals surface area contributed by atoms with Gasteiger partial charge >= 0.3 is 0 Å². The van der Waals surface area contributed by atoms with Crippen molar-refractivity contribution in [1.29, 1.82) is 0 Å². The van der Waals surface area contributed by atoms with Gasteiger partial charge in [-0.1, -0.05) is 74.7 Å². The molecule has 2 heteroatoms. The van der Waals surface area contributed by atoms with Crippen molar-refractivity contribution in [2.75, 3.05) is 0 Å². The molecule has 0 fully saturated rings. The van der Waals surface area contributed by atoms with Crippen LogP contribution < -0.4 is 0 Å². The topological polar surface area (TPSA) is 0 Å². The highest BCUT2D eigenvalue weighted by Gasteiger charge is 2.17. The van der Waals surface area contributed by atoms with E-state index in [0.29, 0.717) is 0 Å². The number of rotatable bonds is 8. The van der Waals surface area contributed by atoms with Gasteiger partial charge in [0, 0.05) is 0 Å². The van der Waals surface area contributed by atoms with Crippen LogP contribution in [-0.4, -0.2) is 4.33 Å². The first-order valence-corrected chi connectivity index (χ1v) is 5.89. The van der Waals surface area contributed by atoms with Crippen LogP contribution >= 0.6 is 23.2 Å². The molecule has 0 aromatic heterocycles. The van der Waals surface area contributed by atoms with Gasteiger partial charge in [-0.25, -0.2) is 0 Å². The molecule has 0 aliphatic heterocycles. The van der Waals surface area contributed by atoms with E-state index < -0.39 is 4.33 Å². The second-order valence-corrected chi connectivity index (χ2v) is 5.03. The second kappa shape index (κ2) is 7.70. The summed E-state index contributed by atoms with van der Waals surface area (Å²) in [4.78, 5) is 0. The van der Waals surface area contributed by atoms with E-state index in [1.54, 1.807) is 6.08 Å². The Labute approximate surface area is 92.3 Å². The zero-order valence-electron chi connectivity index (χ0n) is 8.49. The fourth-order valence-corrected chi connectivity index (χ4v) is 1.51. The maximum atomic E-state index is 5.91. The van der Waals surface area contributed by atoms with Crippen molar-refractivity contribution < 1.29 is 0 Å². The Morgan fingerprint density at radius 1 is 1.08 bits per heavy atom. The first kappa shape index (κ1) is 13.3. The van der Waals surface area contributed by atoms with E-state index in [4.69, 9.17) is 23.2 Å². The number of alkyl halides is 2. The molecule has 0 rings (SSSR count). The molecule has 0 radical (unpaired) electrons. The summed E-state index contributed by atoms with van der Waals surface area (Å²) in [6.07, 6.45) is 10.0. The minimum Gasteiger partial charge on any atom is -0.100 e. The van der Waals surface area contributed by atoms with Crippen molar-refractivity contribution in [3.8, 4) is 0 Å². The molecule has 13 heavy (non-hydrogen) atoms. The summed E-state index contributed by atoms with van der Waals surface area (Å²) in [6.45, 7) is 5.82. The molecule has 0 nitrogen and oxygen atoms in total. The van der Waals surface area contributed by atoms with Gasteiger partial charge in [0.25, 0.3) is 0 Å². The first-order chi connectivity index (χ1) is 6.12. The molecule has 0 unspecified atom stereocenters. The van der Waals surface area contributed by atoms with Crippen LogP contribution in [0.4, 0.5) is 0 Å². The highest BCUT2D eigenvalue weighted by atomic mass is 35.5. The Hall–Kier alpha value is 0.320. The van der Waals surface area contributed by atoms with E-state index in [2.05, 4.69) is 13.5 Å². The van der Waals surface area contributed by atoms with Crippen LogP contribution in [0.25, 0.3) is 0 Å². The minimum atomic E-state index is -0.704. The molecule has 0 atom stereocenters. The van der Waals surface area contributed by atoms with Crippen LogP contribution in [0.15, 0.2) is 12.7 Å². The lowest BCUT2D eigenvalue weighted by Gasteiger charge is -2.13. The monoisotopic (exact) mass is 222 g/mol. The molecule has 0 N–H and O–H groups in total. The van der Waals surface area contributed by atoms with Gasteiger partial charge < -0.3 is 0 Å². The summed E-state index contributed by atoms with van der Waals surface area (Å²) in [5, 5.41) is 0. The SMILES string of the molecule is C=CC(Cl)(Cl)CCCCCCCC. The van der Waals surface area contributed by atoms with Crippen molar-refractivity contribution in [2.24, 2.45) is 0 Å². The van der Waals surface area contributed by atoms with E-state index in [1.165, 1.54) is 32.1 Å². The maximum Gasteiger partial charge on any atom is 0.136 e. The van der Waals surface area contributed by atoms with Gasteiger partial charge in [0.05, 0.1) is 0 Å². The predicted molar refractivity (Wildman–Crippen MR) is 62.6 cm³/mol. The number of hydrogen-bond acceptors (Lipinski definition) is 0. The molecule has 0 aromatic carbocycles. The third kappa shape index (κ3) is 8.64. The molecule has 0 heterocycles. The Bertz CT molecular complexity index is 130. The molecule has 0 amide bonds. The van der Waals surface area contributed by atoms with Gasteiger partial charge in [-0.3, -0.25) is 0 Å². The smallest absolute Gasteiger partial charge is 0.100 e. The van der Waals surface area contributed by atoms with E-state index >= 15 is 0 Å². The number of allylic oxidation sites excluding steroid dienone is 1. The van der Waals surface area contributed by atoms with Crippen molar-refractivity contribution in [3.63, 3.8) is 0 Å². The van der Waals surface area contributed by atoms with Crippen LogP contribution in [0, 0.1) is 0 Å². The van der Waals surface area contributed by atoms with Gasteiger partial charge in [-0.15, -0.1) is 6.58 Å². The molecule has 0 spiro atoms. The van der Waals surface area contributed by atoms with E-state index in [9.17, 15) is 0 Å². The van der Waals surface area contributed by atoms with Gasteiger partial charge in [0.1, 0.15) is 4.33 Å². The van der Waals surface area contributed by atoms with E-state index in [1.807, 2.05) is 0 Å². The Morgan fingerprint density at radius 2 is 1.62 bits per heavy atom. The maximum absolute atomic E-state index is 5.91. The van der Waals surface area contributed by atoms with Crippen molar-refractivity contribution in [2.45, 2.75) is 56.2 Å². The molecule has 0 aromatic rings. The van der Waals surface area contributed by atoms with Crippen molar-refractivity contribution in [3.05, 3.63) is 12.7 Å². The summed E-state index contributed by atoms with van der Waals surface area (Å²) < 4.78 is -0.704. The summed E-state index contributed by atoms with van der Waals surface area (Å²) in [5.41, 5.74) is 0. The van der Waals surface area contributed by atoms with Crippen LogP contribution in [-0.2, 0) is 0 Å². The predicted octanol–water partition coefficient (Wildman–Crippen LogP) is 5.10. The molecular formula is C11H20Cl2. The van der Waals surface area contributed by atoms with Crippen LogP contribution in [0.5, 0.6) is 0 Å². The quantitative estimate of drug-likeness (QED) is 0.305. The number of hydrogen-bond donors (Lipinski definition) is 0. The first-order valence-electron chi connectivity index (χ1n) is 5.14. The summed E-state index contributed by atoms with van der Waals surface area (Å²) in [5.74, 6) is 0. The highest BCUT2D eigenvalue weighted by Crippen LogP contribution is 2.28. The fourth-order valence-electron chi connectivity index (χ4n) is 1.24. The zero-order chi connectivity index (χ0) is 10.2. The molecule has 0 aliphatic rings. The van der Waals surface area contributed by atoms with Crippen LogP contribution in [0.1, 0.15) is 51.9 Å². The fraction of sp³-hybridized carbons (Fsp3) is 0.818. The lowest BCUT2D eigenvalue weighted by molar-refractivity contribution is 0.585. The summed E-state index contributed by atoms with van der Waals surface area (Å²) >= 11 is 11.8. The second-order valence-electron chi connectivity index (χ2n) is 3.48.